The Balaban J connectivity index is 1.65. The zero-order chi connectivity index (χ0) is 18.3. The number of nitrogens with one attached hydrogen (secondary N) is 2. The molecule has 134 valence electrons. The van der Waals surface area contributed by atoms with Gasteiger partial charge in [-0.15, -0.1) is 0 Å². The van der Waals surface area contributed by atoms with Crippen LogP contribution in [0.3, 0.4) is 0 Å². The maximum atomic E-state index is 12.4. The molecule has 0 aliphatic carbocycles. The van der Waals surface area contributed by atoms with E-state index < -0.39 is 11.7 Å². The summed E-state index contributed by atoms with van der Waals surface area (Å²) in [4.78, 5) is 15.5. The van der Waals surface area contributed by atoms with Crippen molar-refractivity contribution < 1.29 is 18.0 Å². The smallest absolute Gasteiger partial charge is 0.368 e. The molecule has 0 bridgehead atoms. The van der Waals surface area contributed by atoms with Gasteiger partial charge < -0.3 is 10.6 Å². The topological polar surface area (TPSA) is 54.0 Å². The second kappa shape index (κ2) is 8.50. The number of anilines is 1. The van der Waals surface area contributed by atoms with E-state index in [9.17, 15) is 18.0 Å². The summed E-state index contributed by atoms with van der Waals surface area (Å²) in [5.41, 5.74) is 1.49. The highest BCUT2D eigenvalue weighted by Crippen LogP contribution is 2.28. The lowest BCUT2D eigenvalue weighted by atomic mass is 10.1. The van der Waals surface area contributed by atoms with Crippen LogP contribution in [0, 0.1) is 6.92 Å². The fraction of sp³-hybridized carbons (Fsp3) is 0.333. The Kier molecular flexibility index (Phi) is 6.38. The van der Waals surface area contributed by atoms with Gasteiger partial charge in [-0.05, 0) is 31.0 Å². The van der Waals surface area contributed by atoms with Crippen LogP contribution in [0.5, 0.6) is 0 Å². The zero-order valence-electron chi connectivity index (χ0n) is 13.9. The number of alkyl halides is 3. The summed E-state index contributed by atoms with van der Waals surface area (Å²) < 4.78 is 37.3. The number of pyridine rings is 1. The van der Waals surface area contributed by atoms with Crippen molar-refractivity contribution in [2.75, 3.05) is 18.4 Å². The summed E-state index contributed by atoms with van der Waals surface area (Å²) in [6.07, 6.45) is -2.55. The molecule has 0 unspecified atom stereocenters. The molecule has 0 radical (unpaired) electrons. The van der Waals surface area contributed by atoms with Crippen molar-refractivity contribution >= 4 is 11.7 Å². The largest absolute Gasteiger partial charge is 0.417 e. The van der Waals surface area contributed by atoms with Crippen LogP contribution in [0.25, 0.3) is 0 Å². The molecule has 1 aromatic carbocycles. The second-order valence-corrected chi connectivity index (χ2v) is 5.69. The predicted octanol–water partition coefficient (Wildman–Crippen LogP) is 3.57. The Hall–Kier alpha value is -2.57. The van der Waals surface area contributed by atoms with Gasteiger partial charge in [-0.1, -0.05) is 29.8 Å². The molecule has 1 aromatic heterocycles. The summed E-state index contributed by atoms with van der Waals surface area (Å²) in [5.74, 6) is 0.268. The lowest BCUT2D eigenvalue weighted by molar-refractivity contribution is -0.137. The minimum atomic E-state index is -4.39. The molecule has 0 saturated heterocycles. The summed E-state index contributed by atoms with van der Waals surface area (Å²) in [6, 6.07) is 10.3. The van der Waals surface area contributed by atoms with Gasteiger partial charge in [0.25, 0.3) is 0 Å². The van der Waals surface area contributed by atoms with Gasteiger partial charge in [0.1, 0.15) is 5.82 Å². The molecule has 0 fully saturated rings. The number of amides is 1. The average molecular weight is 351 g/mol. The third kappa shape index (κ3) is 6.45. The number of rotatable bonds is 7. The van der Waals surface area contributed by atoms with Gasteiger partial charge in [0.05, 0.1) is 5.56 Å². The van der Waals surface area contributed by atoms with Crippen LogP contribution in [-0.2, 0) is 17.4 Å². The van der Waals surface area contributed by atoms with Crippen molar-refractivity contribution in [3.63, 3.8) is 0 Å². The Morgan fingerprint density at radius 3 is 2.40 bits per heavy atom. The van der Waals surface area contributed by atoms with Crippen LogP contribution in [0.2, 0.25) is 0 Å². The molecule has 0 atom stereocenters. The van der Waals surface area contributed by atoms with Crippen LogP contribution in [0.15, 0.2) is 42.6 Å². The Morgan fingerprint density at radius 1 is 1.08 bits per heavy atom. The Bertz CT molecular complexity index is 682. The van der Waals surface area contributed by atoms with Gasteiger partial charge in [0.15, 0.2) is 0 Å². The molecule has 1 amide bonds. The highest BCUT2D eigenvalue weighted by molar-refractivity contribution is 5.76. The summed E-state index contributed by atoms with van der Waals surface area (Å²) in [7, 11) is 0. The fourth-order valence-corrected chi connectivity index (χ4v) is 2.16. The first-order valence-corrected chi connectivity index (χ1v) is 7.94. The van der Waals surface area contributed by atoms with Gasteiger partial charge in [0, 0.05) is 25.7 Å². The van der Waals surface area contributed by atoms with Crippen LogP contribution < -0.4 is 10.6 Å². The first-order valence-electron chi connectivity index (χ1n) is 7.94. The monoisotopic (exact) mass is 351 g/mol. The first-order chi connectivity index (χ1) is 11.8. The quantitative estimate of drug-likeness (QED) is 0.750. The van der Waals surface area contributed by atoms with Crippen molar-refractivity contribution in [2.24, 2.45) is 0 Å². The molecular weight excluding hydrogens is 331 g/mol. The molecule has 0 spiro atoms. The van der Waals surface area contributed by atoms with E-state index in [1.165, 1.54) is 11.6 Å². The molecule has 2 N–H and O–H groups in total. The fourth-order valence-electron chi connectivity index (χ4n) is 2.16. The van der Waals surface area contributed by atoms with Crippen LogP contribution in [-0.4, -0.2) is 24.0 Å². The van der Waals surface area contributed by atoms with Crippen LogP contribution in [0.1, 0.15) is 23.1 Å². The molecule has 0 aliphatic rings. The number of aryl methyl sites for hydroxylation is 2. The van der Waals surface area contributed by atoms with E-state index in [4.69, 9.17) is 0 Å². The van der Waals surface area contributed by atoms with Crippen molar-refractivity contribution in [1.82, 2.24) is 10.3 Å². The van der Waals surface area contributed by atoms with E-state index in [0.717, 1.165) is 17.8 Å². The van der Waals surface area contributed by atoms with Crippen molar-refractivity contribution in [2.45, 2.75) is 25.9 Å². The first kappa shape index (κ1) is 18.8. The van der Waals surface area contributed by atoms with Gasteiger partial charge >= 0.3 is 6.18 Å². The van der Waals surface area contributed by atoms with E-state index in [-0.39, 0.29) is 5.91 Å². The van der Waals surface area contributed by atoms with E-state index in [1.54, 1.807) is 0 Å². The molecule has 0 aliphatic heterocycles. The SMILES string of the molecule is Cc1ccc(CCC(=O)NCCNc2ccc(C(F)(F)F)cn2)cc1. The zero-order valence-corrected chi connectivity index (χ0v) is 13.9. The average Bonchev–Trinajstić information content (AvgIpc) is 2.58. The van der Waals surface area contributed by atoms with Gasteiger partial charge in [0.2, 0.25) is 5.91 Å². The maximum absolute atomic E-state index is 12.4. The normalized spacial score (nSPS) is 11.2. The third-order valence-electron chi connectivity index (χ3n) is 3.61. The number of halogens is 3. The summed E-state index contributed by atoms with van der Waals surface area (Å²) in [6.45, 7) is 2.76. The van der Waals surface area contributed by atoms with E-state index in [0.29, 0.717) is 31.7 Å². The minimum absolute atomic E-state index is 0.0669. The number of carbonyl (C=O) groups is 1. The molecule has 2 rings (SSSR count). The Labute approximate surface area is 144 Å². The highest BCUT2D eigenvalue weighted by atomic mass is 19.4. The lowest BCUT2D eigenvalue weighted by Gasteiger charge is -2.09. The number of nitrogens with zero attached hydrogens (tertiary/aromatic N) is 1. The van der Waals surface area contributed by atoms with E-state index in [1.807, 2.05) is 31.2 Å². The summed E-state index contributed by atoms with van der Waals surface area (Å²) >= 11 is 0. The molecule has 25 heavy (non-hydrogen) atoms. The van der Waals surface area contributed by atoms with Gasteiger partial charge in [-0.25, -0.2) is 4.98 Å². The molecule has 1 heterocycles. The number of hydrogen-bond acceptors (Lipinski definition) is 3. The third-order valence-corrected chi connectivity index (χ3v) is 3.61. The minimum Gasteiger partial charge on any atom is -0.368 e. The number of aromatic nitrogens is 1. The molecular formula is C18H20F3N3O. The molecule has 0 saturated carbocycles. The number of benzene rings is 1. The molecule has 2 aromatic rings. The lowest BCUT2D eigenvalue weighted by Crippen LogP contribution is -2.29. The van der Waals surface area contributed by atoms with Gasteiger partial charge in [-0.2, -0.15) is 13.2 Å². The van der Waals surface area contributed by atoms with Crippen molar-refractivity contribution in [3.05, 3.63) is 59.3 Å². The second-order valence-electron chi connectivity index (χ2n) is 5.69. The van der Waals surface area contributed by atoms with Crippen molar-refractivity contribution in [1.29, 1.82) is 0 Å². The van der Waals surface area contributed by atoms with Crippen LogP contribution in [0.4, 0.5) is 19.0 Å². The van der Waals surface area contributed by atoms with Crippen molar-refractivity contribution in [3.8, 4) is 0 Å². The highest BCUT2D eigenvalue weighted by Gasteiger charge is 2.30. The Morgan fingerprint density at radius 2 is 1.80 bits per heavy atom. The molecule has 7 heteroatoms. The summed E-state index contributed by atoms with van der Waals surface area (Å²) in [5, 5.41) is 5.63. The van der Waals surface area contributed by atoms with Crippen LogP contribution >= 0.6 is 0 Å². The number of carbonyl (C=O) groups excluding carboxylic acids is 1. The van der Waals surface area contributed by atoms with Gasteiger partial charge in [-0.3, -0.25) is 4.79 Å². The maximum Gasteiger partial charge on any atom is 0.417 e. The van der Waals surface area contributed by atoms with E-state index in [2.05, 4.69) is 15.6 Å². The predicted molar refractivity (Wildman–Crippen MR) is 90.2 cm³/mol. The standard InChI is InChI=1S/C18H20F3N3O/c1-13-2-4-14(5-3-13)6-9-17(25)23-11-10-22-16-8-7-15(12-24-16)18(19,20)21/h2-5,7-8,12H,6,9-11H2,1H3,(H,22,24)(H,23,25). The van der Waals surface area contributed by atoms with E-state index >= 15 is 0 Å². The molecule has 4 nitrogen and oxygen atoms in total. The number of hydrogen-bond donors (Lipinski definition) is 2.